The van der Waals surface area contributed by atoms with Crippen LogP contribution in [0.1, 0.15) is 19.8 Å². The van der Waals surface area contributed by atoms with E-state index in [0.29, 0.717) is 13.0 Å². The Morgan fingerprint density at radius 3 is 2.68 bits per heavy atom. The molecule has 1 aliphatic carbocycles. The fraction of sp³-hybridized carbons (Fsp3) is 0.692. The zero-order valence-corrected chi connectivity index (χ0v) is 11.2. The van der Waals surface area contributed by atoms with Gasteiger partial charge in [0.05, 0.1) is 24.1 Å². The minimum absolute atomic E-state index is 0.0432. The lowest BCUT2D eigenvalue weighted by Crippen LogP contribution is -2.48. The van der Waals surface area contributed by atoms with Crippen LogP contribution in [0.3, 0.4) is 0 Å². The fourth-order valence-electron chi connectivity index (χ4n) is 2.63. The second kappa shape index (κ2) is 5.61. The lowest BCUT2D eigenvalue weighted by atomic mass is 10.1. The minimum Gasteiger partial charge on any atom is -0.481 e. The normalized spacial score (nSPS) is 33.4. The highest BCUT2D eigenvalue weighted by Gasteiger charge is 2.32. The molecule has 0 spiro atoms. The molecule has 0 saturated carbocycles. The number of carbonyl (C=O) groups excluding carboxylic acids is 1. The highest BCUT2D eigenvalue weighted by molar-refractivity contribution is 5.76. The first-order chi connectivity index (χ1) is 8.99. The summed E-state index contributed by atoms with van der Waals surface area (Å²) in [5.41, 5.74) is 0. The number of amides is 2. The van der Waals surface area contributed by atoms with Gasteiger partial charge in [-0.1, -0.05) is 12.2 Å². The second-order valence-electron chi connectivity index (χ2n) is 5.16. The number of carboxylic acids is 1. The SMILES string of the molecule is CC1OCCC1N(C)C(=O)NC1C=CC(C(=O)O)C1. The number of nitrogens with one attached hydrogen (secondary N) is 1. The van der Waals surface area contributed by atoms with Gasteiger partial charge >= 0.3 is 12.0 Å². The predicted octanol–water partition coefficient (Wildman–Crippen LogP) is 0.834. The Hall–Kier alpha value is -1.56. The highest BCUT2D eigenvalue weighted by Crippen LogP contribution is 2.20. The Morgan fingerprint density at radius 1 is 1.42 bits per heavy atom. The molecule has 1 saturated heterocycles. The molecule has 0 aromatic heterocycles. The summed E-state index contributed by atoms with van der Waals surface area (Å²) in [6, 6.07) is -0.294. The van der Waals surface area contributed by atoms with Gasteiger partial charge < -0.3 is 20.1 Å². The number of aliphatic carboxylic acids is 1. The summed E-state index contributed by atoms with van der Waals surface area (Å²) in [5.74, 6) is -1.34. The first-order valence-corrected chi connectivity index (χ1v) is 6.55. The standard InChI is InChI=1S/C13H20N2O4/c1-8-11(5-6-19-8)15(2)13(18)14-10-4-3-9(7-10)12(16)17/h3-4,8-11H,5-7H2,1-2H3,(H,14,18)(H,16,17). The zero-order valence-electron chi connectivity index (χ0n) is 11.2. The van der Waals surface area contributed by atoms with Crippen molar-refractivity contribution in [3.8, 4) is 0 Å². The van der Waals surface area contributed by atoms with Gasteiger partial charge in [-0.15, -0.1) is 0 Å². The number of rotatable bonds is 3. The van der Waals surface area contributed by atoms with Crippen LogP contribution in [0.4, 0.5) is 4.79 Å². The van der Waals surface area contributed by atoms with E-state index in [1.165, 1.54) is 0 Å². The van der Waals surface area contributed by atoms with Crippen LogP contribution in [0.5, 0.6) is 0 Å². The van der Waals surface area contributed by atoms with E-state index in [1.807, 2.05) is 6.92 Å². The minimum atomic E-state index is -0.848. The molecular formula is C13H20N2O4. The van der Waals surface area contributed by atoms with Crippen molar-refractivity contribution in [2.45, 2.75) is 38.0 Å². The van der Waals surface area contributed by atoms with Gasteiger partial charge in [0.1, 0.15) is 0 Å². The quantitative estimate of drug-likeness (QED) is 0.743. The summed E-state index contributed by atoms with van der Waals surface area (Å²) in [5, 5.41) is 11.7. The predicted molar refractivity (Wildman–Crippen MR) is 68.8 cm³/mol. The van der Waals surface area contributed by atoms with Crippen LogP contribution < -0.4 is 5.32 Å². The molecule has 1 heterocycles. The first kappa shape index (κ1) is 13.9. The monoisotopic (exact) mass is 268 g/mol. The number of urea groups is 1. The zero-order chi connectivity index (χ0) is 14.0. The van der Waals surface area contributed by atoms with E-state index in [2.05, 4.69) is 5.32 Å². The third-order valence-corrected chi connectivity index (χ3v) is 3.86. The maximum absolute atomic E-state index is 12.1. The van der Waals surface area contributed by atoms with Gasteiger partial charge in [0.15, 0.2) is 0 Å². The fourth-order valence-corrected chi connectivity index (χ4v) is 2.63. The van der Waals surface area contributed by atoms with Crippen LogP contribution in [0.15, 0.2) is 12.2 Å². The summed E-state index contributed by atoms with van der Waals surface area (Å²) in [6.07, 6.45) is 4.68. The van der Waals surface area contributed by atoms with Gasteiger partial charge in [0.2, 0.25) is 0 Å². The van der Waals surface area contributed by atoms with Crippen LogP contribution in [-0.2, 0) is 9.53 Å². The topological polar surface area (TPSA) is 78.9 Å². The van der Waals surface area contributed by atoms with E-state index in [1.54, 1.807) is 24.1 Å². The maximum atomic E-state index is 12.1. The van der Waals surface area contributed by atoms with E-state index in [4.69, 9.17) is 9.84 Å². The number of hydrogen-bond donors (Lipinski definition) is 2. The molecule has 106 valence electrons. The molecule has 4 atom stereocenters. The van der Waals surface area contributed by atoms with Crippen LogP contribution >= 0.6 is 0 Å². The average Bonchev–Trinajstić information content (AvgIpc) is 2.97. The average molecular weight is 268 g/mol. The summed E-state index contributed by atoms with van der Waals surface area (Å²) in [6.45, 7) is 2.63. The Labute approximate surface area is 112 Å². The summed E-state index contributed by atoms with van der Waals surface area (Å²) >= 11 is 0. The number of ether oxygens (including phenoxy) is 1. The molecule has 0 bridgehead atoms. The molecule has 4 unspecified atom stereocenters. The van der Waals surface area contributed by atoms with Gasteiger partial charge in [-0.05, 0) is 19.8 Å². The molecule has 0 aromatic carbocycles. The van der Waals surface area contributed by atoms with Gasteiger partial charge in [-0.3, -0.25) is 4.79 Å². The Morgan fingerprint density at radius 2 is 2.16 bits per heavy atom. The van der Waals surface area contributed by atoms with E-state index >= 15 is 0 Å². The molecule has 0 aromatic rings. The molecule has 1 aliphatic heterocycles. The van der Waals surface area contributed by atoms with Crippen LogP contribution in [0, 0.1) is 5.92 Å². The summed E-state index contributed by atoms with van der Waals surface area (Å²) in [7, 11) is 1.75. The van der Waals surface area contributed by atoms with Crippen molar-refractivity contribution < 1.29 is 19.4 Å². The summed E-state index contributed by atoms with van der Waals surface area (Å²) in [4.78, 5) is 24.6. The first-order valence-electron chi connectivity index (χ1n) is 6.55. The molecule has 2 amide bonds. The number of hydrogen-bond acceptors (Lipinski definition) is 3. The molecular weight excluding hydrogens is 248 g/mol. The van der Waals surface area contributed by atoms with Gasteiger partial charge in [-0.25, -0.2) is 4.79 Å². The van der Waals surface area contributed by atoms with Crippen molar-refractivity contribution in [1.29, 1.82) is 0 Å². The Kier molecular flexibility index (Phi) is 4.09. The lowest BCUT2D eigenvalue weighted by molar-refractivity contribution is -0.140. The van der Waals surface area contributed by atoms with Crippen LogP contribution in [0.2, 0.25) is 0 Å². The summed E-state index contributed by atoms with van der Waals surface area (Å²) < 4.78 is 5.44. The molecule has 2 rings (SSSR count). The van der Waals surface area contributed by atoms with Gasteiger partial charge in [0.25, 0.3) is 0 Å². The molecule has 2 aliphatic rings. The number of likely N-dealkylation sites (N-methyl/N-ethyl adjacent to an activating group) is 1. The Bertz CT molecular complexity index is 396. The maximum Gasteiger partial charge on any atom is 0.317 e. The van der Waals surface area contributed by atoms with Crippen molar-refractivity contribution in [1.82, 2.24) is 10.2 Å². The molecule has 1 fully saturated rings. The van der Waals surface area contributed by atoms with Crippen molar-refractivity contribution in [2.75, 3.05) is 13.7 Å². The van der Waals surface area contributed by atoms with E-state index in [0.717, 1.165) is 6.42 Å². The number of carbonyl (C=O) groups is 2. The molecule has 6 heteroatoms. The second-order valence-corrected chi connectivity index (χ2v) is 5.16. The molecule has 0 radical (unpaired) electrons. The van der Waals surface area contributed by atoms with Gasteiger partial charge in [0, 0.05) is 13.7 Å². The van der Waals surface area contributed by atoms with Crippen molar-refractivity contribution in [2.24, 2.45) is 5.92 Å². The third-order valence-electron chi connectivity index (χ3n) is 3.86. The van der Waals surface area contributed by atoms with Crippen LogP contribution in [-0.4, -0.2) is 53.8 Å². The van der Waals surface area contributed by atoms with Crippen molar-refractivity contribution in [3.05, 3.63) is 12.2 Å². The molecule has 19 heavy (non-hydrogen) atoms. The van der Waals surface area contributed by atoms with Crippen molar-refractivity contribution in [3.63, 3.8) is 0 Å². The lowest BCUT2D eigenvalue weighted by Gasteiger charge is -2.28. The Balaban J connectivity index is 1.85. The number of nitrogens with zero attached hydrogens (tertiary/aromatic N) is 1. The van der Waals surface area contributed by atoms with E-state index in [9.17, 15) is 9.59 Å². The largest absolute Gasteiger partial charge is 0.481 e. The van der Waals surface area contributed by atoms with Crippen molar-refractivity contribution >= 4 is 12.0 Å². The third kappa shape index (κ3) is 3.07. The van der Waals surface area contributed by atoms with Gasteiger partial charge in [-0.2, -0.15) is 0 Å². The molecule has 6 nitrogen and oxygen atoms in total. The molecule has 2 N–H and O–H groups in total. The van der Waals surface area contributed by atoms with E-state index in [-0.39, 0.29) is 24.2 Å². The highest BCUT2D eigenvalue weighted by atomic mass is 16.5. The number of carboxylic acid groups (broad SMARTS) is 1. The van der Waals surface area contributed by atoms with E-state index < -0.39 is 11.9 Å². The van der Waals surface area contributed by atoms with Crippen LogP contribution in [0.25, 0.3) is 0 Å². The smallest absolute Gasteiger partial charge is 0.317 e.